The zero-order chi connectivity index (χ0) is 18.1. The normalized spacial score (nSPS) is 20.4. The van der Waals surface area contributed by atoms with E-state index < -0.39 is 33.9 Å². The smallest absolute Gasteiger partial charge is 0.340 e. The van der Waals surface area contributed by atoms with Crippen LogP contribution in [-0.2, 0) is 19.4 Å². The molecule has 1 heterocycles. The molecule has 1 aromatic carbocycles. The summed E-state index contributed by atoms with van der Waals surface area (Å²) in [5, 5.41) is 0.505. The summed E-state index contributed by atoms with van der Waals surface area (Å²) in [6, 6.07) is 3.91. The minimum Gasteiger partial charge on any atom is -0.449 e. The standard InChI is InChI=1S/C15H17Cl2NO5S/c1-9(14(19)18(2)11-5-6-24(21,22)8-11)23-15(20)12-4-3-10(16)7-13(12)17/h3-4,7,9,11H,5-6,8H2,1-2H3/t9-,11+/m0/s1. The van der Waals surface area contributed by atoms with Gasteiger partial charge in [0.05, 0.1) is 22.1 Å². The fraction of sp³-hybridized carbons (Fsp3) is 0.467. The average molecular weight is 394 g/mol. The summed E-state index contributed by atoms with van der Waals surface area (Å²) in [6.45, 7) is 1.43. The van der Waals surface area contributed by atoms with Gasteiger partial charge in [-0.3, -0.25) is 4.79 Å². The summed E-state index contributed by atoms with van der Waals surface area (Å²) in [5.74, 6) is -1.22. The van der Waals surface area contributed by atoms with E-state index in [1.54, 1.807) is 0 Å². The van der Waals surface area contributed by atoms with Gasteiger partial charge in [-0.05, 0) is 31.5 Å². The summed E-state index contributed by atoms with van der Waals surface area (Å²) in [7, 11) is -1.60. The Bertz CT molecular complexity index is 765. The number of likely N-dealkylation sites (N-methyl/N-ethyl adjacent to an activating group) is 1. The van der Waals surface area contributed by atoms with Gasteiger partial charge in [0.1, 0.15) is 0 Å². The van der Waals surface area contributed by atoms with E-state index in [2.05, 4.69) is 0 Å². The van der Waals surface area contributed by atoms with E-state index in [9.17, 15) is 18.0 Å². The molecule has 1 saturated heterocycles. The molecule has 0 unspecified atom stereocenters. The van der Waals surface area contributed by atoms with Crippen molar-refractivity contribution in [2.45, 2.75) is 25.5 Å². The molecule has 0 bridgehead atoms. The number of hydrogen-bond donors (Lipinski definition) is 0. The number of carbonyl (C=O) groups is 2. The number of amides is 1. The number of ether oxygens (including phenoxy) is 1. The van der Waals surface area contributed by atoms with Crippen LogP contribution in [0.3, 0.4) is 0 Å². The Morgan fingerprint density at radius 3 is 2.54 bits per heavy atom. The van der Waals surface area contributed by atoms with Crippen LogP contribution in [0, 0.1) is 0 Å². The highest BCUT2D eigenvalue weighted by Gasteiger charge is 2.35. The number of sulfone groups is 1. The lowest BCUT2D eigenvalue weighted by Crippen LogP contribution is -2.44. The number of halogens is 2. The fourth-order valence-corrected chi connectivity index (χ4v) is 4.74. The van der Waals surface area contributed by atoms with Gasteiger partial charge in [0.2, 0.25) is 0 Å². The Morgan fingerprint density at radius 1 is 1.33 bits per heavy atom. The molecule has 0 aromatic heterocycles. The van der Waals surface area contributed by atoms with Crippen molar-refractivity contribution < 1.29 is 22.7 Å². The number of rotatable bonds is 4. The lowest BCUT2D eigenvalue weighted by atomic mass is 10.2. The number of esters is 1. The lowest BCUT2D eigenvalue weighted by molar-refractivity contribution is -0.140. The fourth-order valence-electron chi connectivity index (χ4n) is 2.48. The second-order valence-corrected chi connectivity index (χ2v) is 8.75. The summed E-state index contributed by atoms with van der Waals surface area (Å²) in [6.07, 6.45) is -0.675. The molecule has 1 aliphatic rings. The quantitative estimate of drug-likeness (QED) is 0.732. The van der Waals surface area contributed by atoms with Gasteiger partial charge in [-0.25, -0.2) is 13.2 Å². The highest BCUT2D eigenvalue weighted by atomic mass is 35.5. The van der Waals surface area contributed by atoms with E-state index >= 15 is 0 Å². The summed E-state index contributed by atoms with van der Waals surface area (Å²) in [4.78, 5) is 25.8. The van der Waals surface area contributed by atoms with Gasteiger partial charge < -0.3 is 9.64 Å². The molecule has 24 heavy (non-hydrogen) atoms. The molecule has 132 valence electrons. The summed E-state index contributed by atoms with van der Waals surface area (Å²) in [5.41, 5.74) is 0.104. The van der Waals surface area contributed by atoms with Crippen molar-refractivity contribution in [2.75, 3.05) is 18.6 Å². The molecule has 2 rings (SSSR count). The van der Waals surface area contributed by atoms with Gasteiger partial charge in [-0.1, -0.05) is 23.2 Å². The first kappa shape index (κ1) is 19.0. The Morgan fingerprint density at radius 2 is 2.00 bits per heavy atom. The van der Waals surface area contributed by atoms with Gasteiger partial charge in [-0.2, -0.15) is 0 Å². The number of benzene rings is 1. The maximum Gasteiger partial charge on any atom is 0.340 e. The zero-order valence-corrected chi connectivity index (χ0v) is 15.5. The molecule has 0 N–H and O–H groups in total. The number of nitrogens with zero attached hydrogens (tertiary/aromatic N) is 1. The molecule has 0 spiro atoms. The van der Waals surface area contributed by atoms with Crippen LogP contribution in [0.25, 0.3) is 0 Å². The molecular weight excluding hydrogens is 377 g/mol. The highest BCUT2D eigenvalue weighted by molar-refractivity contribution is 7.91. The Kier molecular flexibility index (Phi) is 5.78. The zero-order valence-electron chi connectivity index (χ0n) is 13.2. The molecule has 9 heteroatoms. The second kappa shape index (κ2) is 7.29. The first-order chi connectivity index (χ1) is 11.1. The summed E-state index contributed by atoms with van der Waals surface area (Å²) >= 11 is 11.7. The van der Waals surface area contributed by atoms with Gasteiger partial charge in [0, 0.05) is 18.1 Å². The predicted octanol–water partition coefficient (Wildman–Crippen LogP) is 2.18. The molecule has 1 aromatic rings. The van der Waals surface area contributed by atoms with Crippen molar-refractivity contribution in [1.29, 1.82) is 0 Å². The van der Waals surface area contributed by atoms with E-state index in [1.807, 2.05) is 0 Å². The minimum atomic E-state index is -3.11. The van der Waals surface area contributed by atoms with E-state index in [1.165, 1.54) is 37.1 Å². The molecule has 1 aliphatic heterocycles. The molecule has 0 aliphatic carbocycles. The molecule has 0 saturated carbocycles. The average Bonchev–Trinajstić information content (AvgIpc) is 2.85. The van der Waals surface area contributed by atoms with Crippen molar-refractivity contribution in [2.24, 2.45) is 0 Å². The van der Waals surface area contributed by atoms with E-state index in [4.69, 9.17) is 27.9 Å². The third kappa shape index (κ3) is 4.40. The second-order valence-electron chi connectivity index (χ2n) is 5.68. The van der Waals surface area contributed by atoms with Crippen LogP contribution in [0.2, 0.25) is 10.0 Å². The van der Waals surface area contributed by atoms with Crippen LogP contribution in [0.5, 0.6) is 0 Å². The van der Waals surface area contributed by atoms with E-state index in [-0.39, 0.29) is 22.1 Å². The van der Waals surface area contributed by atoms with Crippen molar-refractivity contribution >= 4 is 44.9 Å². The number of hydrogen-bond acceptors (Lipinski definition) is 5. The Labute approximate surface area is 150 Å². The SMILES string of the molecule is C[C@H](OC(=O)c1ccc(Cl)cc1Cl)C(=O)N(C)[C@@H]1CCS(=O)(=O)C1. The van der Waals surface area contributed by atoms with Gasteiger partial charge in [0.15, 0.2) is 15.9 Å². The highest BCUT2D eigenvalue weighted by Crippen LogP contribution is 2.23. The first-order valence-corrected chi connectivity index (χ1v) is 9.81. The number of carbonyl (C=O) groups excluding carboxylic acids is 2. The Hall–Kier alpha value is -1.31. The first-order valence-electron chi connectivity index (χ1n) is 7.24. The molecular formula is C15H17Cl2NO5S. The van der Waals surface area contributed by atoms with Crippen LogP contribution >= 0.6 is 23.2 Å². The molecule has 0 radical (unpaired) electrons. The van der Waals surface area contributed by atoms with Crippen molar-refractivity contribution in [3.63, 3.8) is 0 Å². The van der Waals surface area contributed by atoms with Crippen molar-refractivity contribution in [1.82, 2.24) is 4.90 Å². The van der Waals surface area contributed by atoms with Crippen molar-refractivity contribution in [3.8, 4) is 0 Å². The summed E-state index contributed by atoms with van der Waals surface area (Å²) < 4.78 is 28.2. The molecule has 1 amide bonds. The van der Waals surface area contributed by atoms with Crippen LogP contribution in [-0.4, -0.2) is 55.9 Å². The molecule has 1 fully saturated rings. The lowest BCUT2D eigenvalue weighted by Gasteiger charge is -2.26. The van der Waals surface area contributed by atoms with E-state index in [0.717, 1.165) is 0 Å². The maximum atomic E-state index is 12.3. The molecule has 6 nitrogen and oxygen atoms in total. The third-order valence-electron chi connectivity index (χ3n) is 3.89. The van der Waals surface area contributed by atoms with Gasteiger partial charge in [0.25, 0.3) is 5.91 Å². The topological polar surface area (TPSA) is 80.8 Å². The monoisotopic (exact) mass is 393 g/mol. The maximum absolute atomic E-state index is 12.3. The van der Waals surface area contributed by atoms with Gasteiger partial charge >= 0.3 is 5.97 Å². The van der Waals surface area contributed by atoms with Crippen LogP contribution in [0.4, 0.5) is 0 Å². The van der Waals surface area contributed by atoms with Gasteiger partial charge in [-0.15, -0.1) is 0 Å². The van der Waals surface area contributed by atoms with Crippen LogP contribution in [0.1, 0.15) is 23.7 Å². The van der Waals surface area contributed by atoms with Crippen LogP contribution in [0.15, 0.2) is 18.2 Å². The predicted molar refractivity (Wildman–Crippen MR) is 91.2 cm³/mol. The Balaban J connectivity index is 2.02. The third-order valence-corrected chi connectivity index (χ3v) is 6.18. The van der Waals surface area contributed by atoms with Crippen molar-refractivity contribution in [3.05, 3.63) is 33.8 Å². The van der Waals surface area contributed by atoms with Crippen LogP contribution < -0.4 is 0 Å². The van der Waals surface area contributed by atoms with E-state index in [0.29, 0.717) is 11.4 Å². The largest absolute Gasteiger partial charge is 0.449 e. The molecule has 2 atom stereocenters. The minimum absolute atomic E-state index is 0.0594.